The van der Waals surface area contributed by atoms with Crippen LogP contribution in [0, 0.1) is 0 Å². The highest BCUT2D eigenvalue weighted by molar-refractivity contribution is 8.04. The molecule has 0 aliphatic carbocycles. The second-order valence-electron chi connectivity index (χ2n) is 7.88. The zero-order chi connectivity index (χ0) is 23.5. The molecule has 3 rings (SSSR count). The number of aryl methyl sites for hydroxylation is 1. The number of hydrogen-bond acceptors (Lipinski definition) is 5. The molecule has 0 saturated heterocycles. The average Bonchev–Trinajstić information content (AvgIpc) is 2.83. The van der Waals surface area contributed by atoms with Crippen LogP contribution >= 0.6 is 19.6 Å². The van der Waals surface area contributed by atoms with Gasteiger partial charge in [-0.15, -0.1) is 0 Å². The van der Waals surface area contributed by atoms with Crippen LogP contribution in [0.5, 0.6) is 0 Å². The predicted octanol–water partition coefficient (Wildman–Crippen LogP) is 7.08. The Kier molecular flexibility index (Phi) is 9.93. The van der Waals surface area contributed by atoms with Gasteiger partial charge in [-0.05, 0) is 55.5 Å². The van der Waals surface area contributed by atoms with Gasteiger partial charge in [0.15, 0.2) is 11.7 Å². The van der Waals surface area contributed by atoms with E-state index in [0.29, 0.717) is 18.5 Å². The van der Waals surface area contributed by atoms with Gasteiger partial charge in [-0.3, -0.25) is 0 Å². The largest absolute Gasteiger partial charge is 0.464 e. The maximum Gasteiger partial charge on any atom is 0.353 e. The van der Waals surface area contributed by atoms with E-state index in [9.17, 15) is 9.36 Å². The molecule has 174 valence electrons. The molecule has 0 bridgehead atoms. The van der Waals surface area contributed by atoms with Crippen molar-refractivity contribution in [3.05, 3.63) is 78.4 Å². The highest BCUT2D eigenvalue weighted by atomic mass is 32.2. The van der Waals surface area contributed by atoms with Gasteiger partial charge in [-0.2, -0.15) is 0 Å². The van der Waals surface area contributed by atoms with Crippen molar-refractivity contribution in [1.29, 1.82) is 0 Å². The first-order valence-corrected chi connectivity index (χ1v) is 14.1. The minimum absolute atomic E-state index is 0.168. The molecule has 0 aliphatic rings. The lowest BCUT2D eigenvalue weighted by Crippen LogP contribution is -2.46. The summed E-state index contributed by atoms with van der Waals surface area (Å²) in [6.07, 6.45) is 2.23. The lowest BCUT2D eigenvalue weighted by atomic mass is 9.96. The first-order chi connectivity index (χ1) is 16.1. The summed E-state index contributed by atoms with van der Waals surface area (Å²) in [6, 6.07) is 24.5. The topological polar surface area (TPSA) is 52.6 Å². The Balaban J connectivity index is 1.70. The Labute approximate surface area is 201 Å². The van der Waals surface area contributed by atoms with Gasteiger partial charge in [0.25, 0.3) is 0 Å². The van der Waals surface area contributed by atoms with E-state index in [0.717, 1.165) is 28.5 Å². The Morgan fingerprint density at radius 2 is 1.67 bits per heavy atom. The maximum atomic E-state index is 13.2. The van der Waals surface area contributed by atoms with Crippen molar-refractivity contribution in [2.45, 2.75) is 43.6 Å². The van der Waals surface area contributed by atoms with Crippen LogP contribution in [-0.4, -0.2) is 36.4 Å². The van der Waals surface area contributed by atoms with Crippen LogP contribution in [0.25, 0.3) is 10.8 Å². The smallest absolute Gasteiger partial charge is 0.353 e. The van der Waals surface area contributed by atoms with E-state index in [1.807, 2.05) is 43.3 Å². The van der Waals surface area contributed by atoms with E-state index in [1.54, 1.807) is 18.7 Å². The first-order valence-electron chi connectivity index (χ1n) is 11.5. The van der Waals surface area contributed by atoms with Crippen molar-refractivity contribution in [3.8, 4) is 0 Å². The molecule has 0 amide bonds. The molecule has 0 fully saturated rings. The summed E-state index contributed by atoms with van der Waals surface area (Å²) in [6.45, 7) is 4.29. The van der Waals surface area contributed by atoms with Crippen LogP contribution in [0.3, 0.4) is 0 Å². The van der Waals surface area contributed by atoms with E-state index in [-0.39, 0.29) is 12.8 Å². The highest BCUT2D eigenvalue weighted by Crippen LogP contribution is 2.39. The van der Waals surface area contributed by atoms with Crippen LogP contribution in [0.15, 0.2) is 77.7 Å². The summed E-state index contributed by atoms with van der Waals surface area (Å²) in [7, 11) is -1.69. The fourth-order valence-corrected chi connectivity index (χ4v) is 6.94. The zero-order valence-electron chi connectivity index (χ0n) is 19.4. The van der Waals surface area contributed by atoms with E-state index in [4.69, 9.17) is 9.47 Å². The third-order valence-electron chi connectivity index (χ3n) is 5.50. The van der Waals surface area contributed by atoms with Gasteiger partial charge < -0.3 is 9.47 Å². The SMILES string of the molecule is CCOC(=O)C(CCCc1ccccc1)(C[P+](=O)CSc1cccc2ccccc12)OCC. The van der Waals surface area contributed by atoms with Gasteiger partial charge >= 0.3 is 13.8 Å². The van der Waals surface area contributed by atoms with Gasteiger partial charge in [0.05, 0.1) is 6.61 Å². The van der Waals surface area contributed by atoms with Crippen molar-refractivity contribution in [2.75, 3.05) is 24.9 Å². The average molecular weight is 484 g/mol. The summed E-state index contributed by atoms with van der Waals surface area (Å²) in [5.41, 5.74) is 0.463. The standard InChI is InChI=1S/C27H32O4PS/c1-3-30-26(28)27(31-4-2,19-11-14-22-12-6-5-7-13-22)20-32(29)21-33-25-18-10-16-23-15-8-9-17-24(23)25/h5-10,12-13,15-18H,3-4,11,14,19-21H2,1-2H3/q+1. The Morgan fingerprint density at radius 1 is 0.939 bits per heavy atom. The number of fused-ring (bicyclic) bond motifs is 1. The van der Waals surface area contributed by atoms with E-state index >= 15 is 0 Å². The summed E-state index contributed by atoms with van der Waals surface area (Å²) < 4.78 is 24.6. The molecule has 0 saturated carbocycles. The molecule has 0 aromatic heterocycles. The third kappa shape index (κ3) is 7.14. The number of benzene rings is 3. The van der Waals surface area contributed by atoms with Crippen molar-refractivity contribution in [2.24, 2.45) is 0 Å². The van der Waals surface area contributed by atoms with Gasteiger partial charge in [0.2, 0.25) is 5.60 Å². The second kappa shape index (κ2) is 12.9. The third-order valence-corrected chi connectivity index (χ3v) is 8.70. The van der Waals surface area contributed by atoms with Crippen molar-refractivity contribution in [3.63, 3.8) is 0 Å². The Bertz CT molecular complexity index is 1050. The van der Waals surface area contributed by atoms with Crippen LogP contribution < -0.4 is 0 Å². The molecule has 0 spiro atoms. The Hall–Kier alpha value is -2.20. The van der Waals surface area contributed by atoms with Crippen molar-refractivity contribution < 1.29 is 18.8 Å². The summed E-state index contributed by atoms with van der Waals surface area (Å²) in [4.78, 5) is 14.1. The predicted molar refractivity (Wildman–Crippen MR) is 138 cm³/mol. The molecule has 2 unspecified atom stereocenters. The number of ether oxygens (including phenoxy) is 2. The first kappa shape index (κ1) is 25.4. The summed E-state index contributed by atoms with van der Waals surface area (Å²) >= 11 is 1.57. The molecule has 0 aliphatic heterocycles. The molecule has 4 nitrogen and oxygen atoms in total. The van der Waals surface area contributed by atoms with Crippen molar-refractivity contribution >= 4 is 36.3 Å². The summed E-state index contributed by atoms with van der Waals surface area (Å²) in [5, 5.41) is 2.31. The lowest BCUT2D eigenvalue weighted by molar-refractivity contribution is -0.170. The van der Waals surface area contributed by atoms with E-state index < -0.39 is 19.4 Å². The normalized spacial score (nSPS) is 13.5. The van der Waals surface area contributed by atoms with Gasteiger partial charge in [0.1, 0.15) is 0 Å². The maximum absolute atomic E-state index is 13.2. The van der Waals surface area contributed by atoms with Gasteiger partial charge in [0, 0.05) is 11.5 Å². The molecule has 3 aromatic carbocycles. The molecule has 2 atom stereocenters. The van der Waals surface area contributed by atoms with Crippen LogP contribution in [0.2, 0.25) is 0 Å². The van der Waals surface area contributed by atoms with E-state index in [1.165, 1.54) is 5.56 Å². The molecule has 6 heteroatoms. The second-order valence-corrected chi connectivity index (χ2v) is 10.9. The molecular weight excluding hydrogens is 451 g/mol. The fourth-order valence-electron chi connectivity index (χ4n) is 3.98. The van der Waals surface area contributed by atoms with Crippen molar-refractivity contribution in [1.82, 2.24) is 0 Å². The molecule has 0 N–H and O–H groups in total. The molecular formula is C27H32O4PS+. The zero-order valence-corrected chi connectivity index (χ0v) is 21.1. The minimum Gasteiger partial charge on any atom is -0.464 e. The number of rotatable bonds is 13. The number of hydrogen-bond donors (Lipinski definition) is 0. The highest BCUT2D eigenvalue weighted by Gasteiger charge is 2.47. The van der Waals surface area contributed by atoms with Gasteiger partial charge in [-0.25, -0.2) is 4.79 Å². The molecule has 0 radical (unpaired) electrons. The molecule has 0 heterocycles. The van der Waals surface area contributed by atoms with Crippen LogP contribution in [0.1, 0.15) is 32.3 Å². The van der Waals surface area contributed by atoms with Crippen LogP contribution in [0.4, 0.5) is 0 Å². The monoisotopic (exact) mass is 483 g/mol. The fraction of sp³-hybridized carbons (Fsp3) is 0.370. The van der Waals surface area contributed by atoms with E-state index in [2.05, 4.69) is 36.4 Å². The molecule has 3 aromatic rings. The van der Waals surface area contributed by atoms with Gasteiger partial charge in [-0.1, -0.05) is 83.1 Å². The number of thioether (sulfide) groups is 1. The summed E-state index contributed by atoms with van der Waals surface area (Å²) in [5.74, 6) is -0.404. The number of carbonyl (C=O) groups excluding carboxylic acids is 1. The number of carbonyl (C=O) groups is 1. The minimum atomic E-state index is -1.69. The lowest BCUT2D eigenvalue weighted by Gasteiger charge is -2.27. The van der Waals surface area contributed by atoms with Crippen LogP contribution in [-0.2, 0) is 25.3 Å². The quantitative estimate of drug-likeness (QED) is 0.148. The Morgan fingerprint density at radius 3 is 2.42 bits per heavy atom. The number of esters is 1. The molecule has 33 heavy (non-hydrogen) atoms.